The van der Waals surface area contributed by atoms with E-state index in [-0.39, 0.29) is 5.56 Å². The van der Waals surface area contributed by atoms with Gasteiger partial charge in [-0.05, 0) is 30.5 Å². The molecule has 8 heteroatoms. The first-order valence-corrected chi connectivity index (χ1v) is 5.46. The second-order valence-electron chi connectivity index (χ2n) is 4.17. The van der Waals surface area contributed by atoms with Crippen LogP contribution in [0.15, 0.2) is 12.1 Å². The summed E-state index contributed by atoms with van der Waals surface area (Å²) in [6.45, 7) is 0.329. The van der Waals surface area contributed by atoms with E-state index in [4.69, 9.17) is 4.74 Å². The highest BCUT2D eigenvalue weighted by molar-refractivity contribution is 5.27. The average molecular weight is 285 g/mol. The van der Waals surface area contributed by atoms with Gasteiger partial charge in [0.15, 0.2) is 0 Å². The Balaban J connectivity index is 2.48. The zero-order valence-electron chi connectivity index (χ0n) is 9.48. The van der Waals surface area contributed by atoms with Gasteiger partial charge in [0.25, 0.3) is 0 Å². The Bertz CT molecular complexity index is 429. The van der Waals surface area contributed by atoms with E-state index < -0.39 is 29.8 Å². The third-order valence-electron chi connectivity index (χ3n) is 2.73. The number of hydrogen-bond acceptors (Lipinski definition) is 2. The van der Waals surface area contributed by atoms with E-state index in [1.54, 1.807) is 0 Å². The molecule has 1 aliphatic rings. The van der Waals surface area contributed by atoms with Crippen LogP contribution in [-0.4, -0.2) is 11.6 Å². The molecule has 0 saturated carbocycles. The van der Waals surface area contributed by atoms with Gasteiger partial charge in [0.2, 0.25) is 0 Å². The Kier molecular flexibility index (Phi) is 3.46. The fourth-order valence-corrected chi connectivity index (χ4v) is 1.87. The highest BCUT2D eigenvalue weighted by Crippen LogP contribution is 2.37. The van der Waals surface area contributed by atoms with Crippen LogP contribution in [0.1, 0.15) is 35.9 Å². The smallest absolute Gasteiger partial charge is 0.374 e. The number of aromatic nitrogens is 1. The van der Waals surface area contributed by atoms with Crippen molar-refractivity contribution in [1.82, 2.24) is 4.98 Å². The molecule has 1 saturated heterocycles. The Labute approximate surface area is 104 Å². The van der Waals surface area contributed by atoms with E-state index in [1.165, 1.54) is 0 Å². The van der Waals surface area contributed by atoms with Crippen LogP contribution in [0.25, 0.3) is 0 Å². The lowest BCUT2D eigenvalue weighted by atomic mass is 10.1. The fourth-order valence-electron chi connectivity index (χ4n) is 1.87. The predicted molar refractivity (Wildman–Crippen MR) is 52.2 cm³/mol. The Morgan fingerprint density at radius 2 is 1.53 bits per heavy atom. The number of rotatable bonds is 1. The van der Waals surface area contributed by atoms with Gasteiger partial charge in [-0.1, -0.05) is 0 Å². The van der Waals surface area contributed by atoms with Gasteiger partial charge in [-0.25, -0.2) is 4.98 Å². The predicted octanol–water partition coefficient (Wildman–Crippen LogP) is 3.97. The quantitative estimate of drug-likeness (QED) is 0.728. The van der Waals surface area contributed by atoms with Gasteiger partial charge in [-0.2, -0.15) is 26.3 Å². The van der Waals surface area contributed by atoms with Crippen molar-refractivity contribution in [1.29, 1.82) is 0 Å². The molecule has 1 aromatic heterocycles. The standard InChI is InChI=1S/C11H9F6NO/c12-10(13,14)8-4-6(7-2-1-3-19-7)5-9(18-8)11(15,16)17/h4-5,7H,1-3H2. The van der Waals surface area contributed by atoms with Crippen LogP contribution in [0.2, 0.25) is 0 Å². The van der Waals surface area contributed by atoms with Crippen LogP contribution < -0.4 is 0 Å². The summed E-state index contributed by atoms with van der Waals surface area (Å²) in [6, 6.07) is 1.23. The van der Waals surface area contributed by atoms with E-state index in [9.17, 15) is 26.3 Å². The van der Waals surface area contributed by atoms with Crippen molar-refractivity contribution in [2.75, 3.05) is 6.61 Å². The van der Waals surface area contributed by atoms with Gasteiger partial charge in [0.1, 0.15) is 11.4 Å². The third kappa shape index (κ3) is 3.17. The molecule has 19 heavy (non-hydrogen) atoms. The Hall–Kier alpha value is -1.31. The van der Waals surface area contributed by atoms with Crippen molar-refractivity contribution < 1.29 is 31.1 Å². The van der Waals surface area contributed by atoms with Crippen LogP contribution in [0.5, 0.6) is 0 Å². The molecule has 0 bridgehead atoms. The van der Waals surface area contributed by atoms with Crippen LogP contribution in [0, 0.1) is 0 Å². The first-order chi connectivity index (χ1) is 8.68. The van der Waals surface area contributed by atoms with Gasteiger partial charge >= 0.3 is 12.4 Å². The lowest BCUT2D eigenvalue weighted by Crippen LogP contribution is -2.16. The van der Waals surface area contributed by atoms with Crippen molar-refractivity contribution in [2.24, 2.45) is 0 Å². The summed E-state index contributed by atoms with van der Waals surface area (Å²) in [6.07, 6.45) is -9.57. The van der Waals surface area contributed by atoms with Crippen LogP contribution in [-0.2, 0) is 17.1 Å². The SMILES string of the molecule is FC(F)(F)c1cc(C2CCCO2)cc(C(F)(F)F)n1. The summed E-state index contributed by atoms with van der Waals surface area (Å²) in [5.74, 6) is 0. The lowest BCUT2D eigenvalue weighted by molar-refractivity contribution is -0.150. The van der Waals surface area contributed by atoms with Gasteiger partial charge in [-0.15, -0.1) is 0 Å². The second kappa shape index (κ2) is 4.66. The molecule has 0 amide bonds. The normalized spacial score (nSPS) is 20.8. The Morgan fingerprint density at radius 1 is 1.00 bits per heavy atom. The molecule has 1 unspecified atom stereocenters. The topological polar surface area (TPSA) is 22.1 Å². The summed E-state index contributed by atoms with van der Waals surface area (Å²) >= 11 is 0. The minimum absolute atomic E-state index is 0.132. The maximum absolute atomic E-state index is 12.6. The number of ether oxygens (including phenoxy) is 1. The molecule has 0 aromatic carbocycles. The molecular formula is C11H9F6NO. The maximum Gasteiger partial charge on any atom is 0.433 e. The van der Waals surface area contributed by atoms with Crippen LogP contribution in [0.4, 0.5) is 26.3 Å². The molecule has 0 N–H and O–H groups in total. The number of halogens is 6. The summed E-state index contributed by atoms with van der Waals surface area (Å²) in [5, 5.41) is 0. The molecule has 0 spiro atoms. The first kappa shape index (κ1) is 14.1. The minimum atomic E-state index is -4.92. The van der Waals surface area contributed by atoms with Crippen molar-refractivity contribution in [3.8, 4) is 0 Å². The molecule has 1 aliphatic heterocycles. The number of hydrogen-bond donors (Lipinski definition) is 0. The van der Waals surface area contributed by atoms with Crippen molar-refractivity contribution in [2.45, 2.75) is 31.3 Å². The zero-order chi connectivity index (χ0) is 14.3. The zero-order valence-corrected chi connectivity index (χ0v) is 9.48. The van der Waals surface area contributed by atoms with Gasteiger partial charge in [-0.3, -0.25) is 0 Å². The molecule has 2 nitrogen and oxygen atoms in total. The molecule has 2 rings (SSSR count). The molecule has 2 heterocycles. The lowest BCUT2D eigenvalue weighted by Gasteiger charge is -2.16. The van der Waals surface area contributed by atoms with Gasteiger partial charge in [0.05, 0.1) is 6.10 Å². The largest absolute Gasteiger partial charge is 0.433 e. The fraction of sp³-hybridized carbons (Fsp3) is 0.545. The Morgan fingerprint density at radius 3 is 1.89 bits per heavy atom. The molecule has 1 fully saturated rings. The number of pyridine rings is 1. The molecular weight excluding hydrogens is 276 g/mol. The molecule has 0 aliphatic carbocycles. The number of alkyl halides is 6. The van der Waals surface area contributed by atoms with Crippen molar-refractivity contribution >= 4 is 0 Å². The third-order valence-corrected chi connectivity index (χ3v) is 2.73. The van der Waals surface area contributed by atoms with E-state index in [2.05, 4.69) is 4.98 Å². The molecule has 106 valence electrons. The number of nitrogens with zero attached hydrogens (tertiary/aromatic N) is 1. The van der Waals surface area contributed by atoms with E-state index in [1.807, 2.05) is 0 Å². The van der Waals surface area contributed by atoms with Gasteiger partial charge < -0.3 is 4.74 Å². The summed E-state index contributed by atoms with van der Waals surface area (Å²) in [7, 11) is 0. The second-order valence-corrected chi connectivity index (χ2v) is 4.17. The average Bonchev–Trinajstić information content (AvgIpc) is 2.79. The summed E-state index contributed by atoms with van der Waals surface area (Å²) in [5.41, 5.74) is -3.23. The first-order valence-electron chi connectivity index (χ1n) is 5.46. The summed E-state index contributed by atoms with van der Waals surface area (Å²) in [4.78, 5) is 2.64. The highest BCUT2D eigenvalue weighted by atomic mass is 19.4. The van der Waals surface area contributed by atoms with Crippen LogP contribution in [0.3, 0.4) is 0 Å². The minimum Gasteiger partial charge on any atom is -0.374 e. The van der Waals surface area contributed by atoms with E-state index >= 15 is 0 Å². The highest BCUT2D eigenvalue weighted by Gasteiger charge is 2.39. The van der Waals surface area contributed by atoms with Crippen LogP contribution >= 0.6 is 0 Å². The maximum atomic E-state index is 12.6. The molecule has 0 radical (unpaired) electrons. The van der Waals surface area contributed by atoms with Gasteiger partial charge in [0, 0.05) is 6.61 Å². The summed E-state index contributed by atoms with van der Waals surface area (Å²) < 4.78 is 80.4. The monoisotopic (exact) mass is 285 g/mol. The van der Waals surface area contributed by atoms with Crippen molar-refractivity contribution in [3.63, 3.8) is 0 Å². The van der Waals surface area contributed by atoms with E-state index in [0.717, 1.165) is 0 Å². The van der Waals surface area contributed by atoms with Crippen molar-refractivity contribution in [3.05, 3.63) is 29.1 Å². The molecule has 1 aromatic rings. The van der Waals surface area contributed by atoms with E-state index in [0.29, 0.717) is 31.6 Å². The molecule has 1 atom stereocenters.